The quantitative estimate of drug-likeness (QED) is 0.580. The first kappa shape index (κ1) is 16.7. The van der Waals surface area contributed by atoms with E-state index in [1.165, 1.54) is 56.6 Å². The van der Waals surface area contributed by atoms with Gasteiger partial charge in [-0.25, -0.2) is 0 Å². The number of nitrogens with zero attached hydrogens (tertiary/aromatic N) is 1. The summed E-state index contributed by atoms with van der Waals surface area (Å²) in [5.41, 5.74) is 0. The third kappa shape index (κ3) is 8.40. The minimum absolute atomic E-state index is 1.13. The summed E-state index contributed by atoms with van der Waals surface area (Å²) in [6.07, 6.45) is 6.65. The molecule has 110 valence electrons. The molecular weight excluding hydrogens is 252 g/mol. The Morgan fingerprint density at radius 2 is 1.95 bits per heavy atom. The number of unbranched alkanes of at least 4 members (excludes halogenated alkanes) is 3. The Kier molecular flexibility index (Phi) is 10.0. The second-order valence-corrected chi connectivity index (χ2v) is 6.14. The highest BCUT2D eigenvalue weighted by molar-refractivity contribution is 7.09. The number of rotatable bonds is 12. The minimum atomic E-state index is 1.13. The summed E-state index contributed by atoms with van der Waals surface area (Å²) in [4.78, 5) is 4.05. The van der Waals surface area contributed by atoms with Crippen molar-refractivity contribution in [3.63, 3.8) is 0 Å². The van der Waals surface area contributed by atoms with Crippen molar-refractivity contribution in [2.75, 3.05) is 26.2 Å². The molecule has 0 saturated heterocycles. The molecule has 3 heteroatoms. The van der Waals surface area contributed by atoms with Gasteiger partial charge in [0.05, 0.1) is 0 Å². The smallest absolute Gasteiger partial charge is 0.0327 e. The van der Waals surface area contributed by atoms with Crippen LogP contribution in [0.3, 0.4) is 0 Å². The van der Waals surface area contributed by atoms with Crippen LogP contribution in [-0.2, 0) is 6.54 Å². The highest BCUT2D eigenvalue weighted by Gasteiger charge is 2.03. The highest BCUT2D eigenvalue weighted by Crippen LogP contribution is 2.12. The number of hydrogen-bond donors (Lipinski definition) is 1. The van der Waals surface area contributed by atoms with Crippen molar-refractivity contribution >= 4 is 11.3 Å². The lowest BCUT2D eigenvalue weighted by atomic mass is 10.2. The van der Waals surface area contributed by atoms with E-state index in [0.717, 1.165) is 13.1 Å². The maximum Gasteiger partial charge on any atom is 0.0327 e. The third-order valence-electron chi connectivity index (χ3n) is 3.41. The Balaban J connectivity index is 1.97. The molecule has 0 atom stereocenters. The summed E-state index contributed by atoms with van der Waals surface area (Å²) in [5.74, 6) is 0. The number of nitrogens with one attached hydrogen (secondary N) is 1. The molecule has 0 amide bonds. The Hall–Kier alpha value is -0.380. The summed E-state index contributed by atoms with van der Waals surface area (Å²) in [7, 11) is 0. The number of hydrogen-bond acceptors (Lipinski definition) is 3. The van der Waals surface area contributed by atoms with Gasteiger partial charge >= 0.3 is 0 Å². The first-order valence-electron chi connectivity index (χ1n) is 7.82. The third-order valence-corrected chi connectivity index (χ3v) is 4.27. The lowest BCUT2D eigenvalue weighted by molar-refractivity contribution is 0.275. The molecule has 0 radical (unpaired) electrons. The molecule has 1 aromatic rings. The zero-order valence-electron chi connectivity index (χ0n) is 12.7. The van der Waals surface area contributed by atoms with Crippen LogP contribution >= 0.6 is 11.3 Å². The van der Waals surface area contributed by atoms with E-state index in [-0.39, 0.29) is 0 Å². The Labute approximate surface area is 123 Å². The molecule has 0 bridgehead atoms. The van der Waals surface area contributed by atoms with Gasteiger partial charge in [-0.15, -0.1) is 11.3 Å². The van der Waals surface area contributed by atoms with Crippen LogP contribution in [0.2, 0.25) is 0 Å². The molecule has 1 N–H and O–H groups in total. The van der Waals surface area contributed by atoms with E-state index in [0.29, 0.717) is 0 Å². The van der Waals surface area contributed by atoms with Crippen LogP contribution in [0.1, 0.15) is 50.8 Å². The second kappa shape index (κ2) is 11.4. The molecule has 0 aliphatic heterocycles. The maximum absolute atomic E-state index is 3.47. The van der Waals surface area contributed by atoms with E-state index in [4.69, 9.17) is 0 Å². The van der Waals surface area contributed by atoms with Crippen LogP contribution in [0.5, 0.6) is 0 Å². The largest absolute Gasteiger partial charge is 0.317 e. The SMILES string of the molecule is CCCNCCCCCCN(CC)Cc1cccs1. The van der Waals surface area contributed by atoms with E-state index >= 15 is 0 Å². The lowest BCUT2D eigenvalue weighted by Crippen LogP contribution is -2.23. The van der Waals surface area contributed by atoms with Crippen molar-refractivity contribution in [1.82, 2.24) is 10.2 Å². The van der Waals surface area contributed by atoms with Crippen molar-refractivity contribution < 1.29 is 0 Å². The van der Waals surface area contributed by atoms with Crippen LogP contribution in [0, 0.1) is 0 Å². The topological polar surface area (TPSA) is 15.3 Å². The fourth-order valence-electron chi connectivity index (χ4n) is 2.21. The highest BCUT2D eigenvalue weighted by atomic mass is 32.1. The summed E-state index contributed by atoms with van der Waals surface area (Å²) in [6.45, 7) is 10.4. The van der Waals surface area contributed by atoms with Crippen LogP contribution in [0.25, 0.3) is 0 Å². The summed E-state index contributed by atoms with van der Waals surface area (Å²) < 4.78 is 0. The molecule has 1 rings (SSSR count). The Bertz CT molecular complexity index is 285. The van der Waals surface area contributed by atoms with Crippen LogP contribution in [0.4, 0.5) is 0 Å². The van der Waals surface area contributed by atoms with Crippen LogP contribution in [-0.4, -0.2) is 31.1 Å². The average molecular weight is 282 g/mol. The lowest BCUT2D eigenvalue weighted by Gasteiger charge is -2.19. The molecule has 0 fully saturated rings. The van der Waals surface area contributed by atoms with Gasteiger partial charge in [0.2, 0.25) is 0 Å². The molecule has 19 heavy (non-hydrogen) atoms. The van der Waals surface area contributed by atoms with E-state index in [2.05, 4.69) is 41.6 Å². The monoisotopic (exact) mass is 282 g/mol. The molecule has 1 heterocycles. The summed E-state index contributed by atoms with van der Waals surface area (Å²) in [5, 5.41) is 5.64. The predicted octanol–water partition coefficient (Wildman–Crippen LogP) is 4.13. The molecule has 1 aromatic heterocycles. The van der Waals surface area contributed by atoms with E-state index in [1.54, 1.807) is 0 Å². The molecule has 0 unspecified atom stereocenters. The molecule has 0 saturated carbocycles. The molecule has 2 nitrogen and oxygen atoms in total. The summed E-state index contributed by atoms with van der Waals surface area (Å²) in [6, 6.07) is 4.39. The van der Waals surface area contributed by atoms with Crippen molar-refractivity contribution in [3.05, 3.63) is 22.4 Å². The van der Waals surface area contributed by atoms with Crippen molar-refractivity contribution in [2.24, 2.45) is 0 Å². The molecule has 0 aliphatic carbocycles. The van der Waals surface area contributed by atoms with Crippen molar-refractivity contribution in [1.29, 1.82) is 0 Å². The molecule has 0 spiro atoms. The van der Waals surface area contributed by atoms with Gasteiger partial charge < -0.3 is 5.32 Å². The summed E-state index contributed by atoms with van der Waals surface area (Å²) >= 11 is 1.87. The van der Waals surface area contributed by atoms with Gasteiger partial charge in [0.15, 0.2) is 0 Å². The van der Waals surface area contributed by atoms with Crippen molar-refractivity contribution in [3.8, 4) is 0 Å². The minimum Gasteiger partial charge on any atom is -0.317 e. The normalized spacial score (nSPS) is 11.3. The van der Waals surface area contributed by atoms with Gasteiger partial charge in [0.25, 0.3) is 0 Å². The zero-order valence-corrected chi connectivity index (χ0v) is 13.5. The van der Waals surface area contributed by atoms with Crippen molar-refractivity contribution in [2.45, 2.75) is 52.5 Å². The van der Waals surface area contributed by atoms with Gasteiger partial charge in [-0.05, 0) is 56.9 Å². The maximum atomic E-state index is 3.47. The van der Waals surface area contributed by atoms with Gasteiger partial charge in [-0.1, -0.05) is 32.8 Å². The van der Waals surface area contributed by atoms with E-state index in [1.807, 2.05) is 11.3 Å². The first-order chi connectivity index (χ1) is 9.36. The molecule has 0 aliphatic rings. The average Bonchev–Trinajstić information content (AvgIpc) is 2.93. The van der Waals surface area contributed by atoms with Gasteiger partial charge in [-0.2, -0.15) is 0 Å². The van der Waals surface area contributed by atoms with Gasteiger partial charge in [0.1, 0.15) is 0 Å². The fourth-order valence-corrected chi connectivity index (χ4v) is 2.96. The van der Waals surface area contributed by atoms with Crippen LogP contribution < -0.4 is 5.32 Å². The fraction of sp³-hybridized carbons (Fsp3) is 0.750. The number of thiophene rings is 1. The van der Waals surface area contributed by atoms with E-state index < -0.39 is 0 Å². The molecule has 0 aromatic carbocycles. The zero-order chi connectivity index (χ0) is 13.8. The van der Waals surface area contributed by atoms with Gasteiger partial charge in [0, 0.05) is 11.4 Å². The Morgan fingerprint density at radius 1 is 1.11 bits per heavy atom. The van der Waals surface area contributed by atoms with Gasteiger partial charge in [-0.3, -0.25) is 4.90 Å². The predicted molar refractivity (Wildman–Crippen MR) is 86.9 cm³/mol. The second-order valence-electron chi connectivity index (χ2n) is 5.11. The standard InChI is InChI=1S/C16H30N2S/c1-3-11-17-12-7-5-6-8-13-18(4-2)15-16-10-9-14-19-16/h9-10,14,17H,3-8,11-13,15H2,1-2H3. The van der Waals surface area contributed by atoms with Crippen LogP contribution in [0.15, 0.2) is 17.5 Å². The Morgan fingerprint density at radius 3 is 2.63 bits per heavy atom. The first-order valence-corrected chi connectivity index (χ1v) is 8.70. The van der Waals surface area contributed by atoms with E-state index in [9.17, 15) is 0 Å². The molecular formula is C16H30N2S.